The first-order valence-corrected chi connectivity index (χ1v) is 12.1. The maximum absolute atomic E-state index is 13.1. The van der Waals surface area contributed by atoms with Gasteiger partial charge in [-0.1, -0.05) is 6.07 Å². The lowest BCUT2D eigenvalue weighted by Gasteiger charge is -2.47. The number of carbonyl (C=O) groups is 1. The largest absolute Gasteiger partial charge is 0.354 e. The molecule has 10 nitrogen and oxygen atoms in total. The van der Waals surface area contributed by atoms with Crippen LogP contribution in [0.2, 0.25) is 0 Å². The van der Waals surface area contributed by atoms with Crippen LogP contribution in [0.4, 0.5) is 11.6 Å². The fourth-order valence-electron chi connectivity index (χ4n) is 4.62. The summed E-state index contributed by atoms with van der Waals surface area (Å²) in [5.74, 6) is 2.51. The van der Waals surface area contributed by atoms with Gasteiger partial charge in [-0.2, -0.15) is 5.10 Å². The summed E-state index contributed by atoms with van der Waals surface area (Å²) in [6.45, 7) is 9.45. The Morgan fingerprint density at radius 1 is 1.23 bits per heavy atom. The van der Waals surface area contributed by atoms with Gasteiger partial charge in [0, 0.05) is 37.7 Å². The lowest BCUT2D eigenvalue weighted by molar-refractivity contribution is -0.132. The van der Waals surface area contributed by atoms with Crippen molar-refractivity contribution in [2.24, 2.45) is 5.41 Å². The molecule has 10 heteroatoms. The Balaban J connectivity index is 1.18. The minimum Gasteiger partial charge on any atom is -0.354 e. The van der Waals surface area contributed by atoms with E-state index < -0.39 is 5.41 Å². The van der Waals surface area contributed by atoms with Crippen molar-refractivity contribution in [1.29, 1.82) is 0 Å². The number of carbonyl (C=O) groups excluding carboxylic acids is 1. The Labute approximate surface area is 205 Å². The smallest absolute Gasteiger partial charge is 0.230 e. The zero-order valence-electron chi connectivity index (χ0n) is 20.6. The van der Waals surface area contributed by atoms with E-state index in [4.69, 9.17) is 4.98 Å². The summed E-state index contributed by atoms with van der Waals surface area (Å²) in [6, 6.07) is 10.1. The van der Waals surface area contributed by atoms with E-state index in [1.54, 1.807) is 17.1 Å². The second-order valence-corrected chi connectivity index (χ2v) is 10.0. The number of hydrogen-bond donors (Lipinski definition) is 4. The number of aryl methyl sites for hydroxylation is 1. The van der Waals surface area contributed by atoms with Crippen LogP contribution in [0.25, 0.3) is 5.82 Å². The van der Waals surface area contributed by atoms with Gasteiger partial charge in [0.25, 0.3) is 0 Å². The Kier molecular flexibility index (Phi) is 6.16. The molecule has 0 radical (unpaired) electrons. The van der Waals surface area contributed by atoms with Crippen LogP contribution in [-0.2, 0) is 4.79 Å². The Morgan fingerprint density at radius 3 is 2.71 bits per heavy atom. The lowest BCUT2D eigenvalue weighted by atomic mass is 9.80. The molecular formula is C25H33N9O. The summed E-state index contributed by atoms with van der Waals surface area (Å²) in [5, 5.41) is 10.8. The van der Waals surface area contributed by atoms with Gasteiger partial charge in [0.05, 0.1) is 17.6 Å². The van der Waals surface area contributed by atoms with Crippen molar-refractivity contribution >= 4 is 17.5 Å². The van der Waals surface area contributed by atoms with Crippen LogP contribution in [0, 0.1) is 12.3 Å². The minimum absolute atomic E-state index is 0.0404. The molecule has 2 fully saturated rings. The zero-order valence-corrected chi connectivity index (χ0v) is 20.6. The summed E-state index contributed by atoms with van der Waals surface area (Å²) in [7, 11) is 0. The van der Waals surface area contributed by atoms with Gasteiger partial charge in [0.1, 0.15) is 11.6 Å². The predicted octanol–water partition coefficient (Wildman–Crippen LogP) is 2.30. The van der Waals surface area contributed by atoms with Crippen molar-refractivity contribution in [2.75, 3.05) is 23.3 Å². The fraction of sp³-hybridized carbons (Fsp3) is 0.440. The van der Waals surface area contributed by atoms with E-state index in [1.807, 2.05) is 44.3 Å². The fourth-order valence-corrected chi connectivity index (χ4v) is 4.62. The van der Waals surface area contributed by atoms with Gasteiger partial charge in [-0.3, -0.25) is 10.2 Å². The molecule has 0 saturated carbocycles. The van der Waals surface area contributed by atoms with Gasteiger partial charge < -0.3 is 15.5 Å². The van der Waals surface area contributed by atoms with Gasteiger partial charge >= 0.3 is 0 Å². The van der Waals surface area contributed by atoms with Crippen molar-refractivity contribution < 1.29 is 4.79 Å². The number of aromatic nitrogens is 4. The molecule has 35 heavy (non-hydrogen) atoms. The number of nitrogens with one attached hydrogen (secondary N) is 4. The quantitative estimate of drug-likeness (QED) is 0.412. The number of amides is 1. The Hall–Kier alpha value is -3.50. The highest BCUT2D eigenvalue weighted by Gasteiger charge is 2.46. The molecule has 4 N–H and O–H groups in total. The summed E-state index contributed by atoms with van der Waals surface area (Å²) in [6.07, 6.45) is 6.48. The van der Waals surface area contributed by atoms with Crippen LogP contribution in [0.3, 0.4) is 0 Å². The second-order valence-electron chi connectivity index (χ2n) is 10.0. The minimum atomic E-state index is -0.470. The van der Waals surface area contributed by atoms with Crippen LogP contribution in [-0.4, -0.2) is 51.0 Å². The van der Waals surface area contributed by atoms with Gasteiger partial charge in [-0.25, -0.2) is 20.1 Å². The molecule has 0 aromatic carbocycles. The summed E-state index contributed by atoms with van der Waals surface area (Å²) in [4.78, 5) is 24.6. The van der Waals surface area contributed by atoms with E-state index in [0.29, 0.717) is 19.1 Å². The lowest BCUT2D eigenvalue weighted by Crippen LogP contribution is -2.62. The highest BCUT2D eigenvalue weighted by atomic mass is 16.2. The van der Waals surface area contributed by atoms with Crippen LogP contribution in [0.15, 0.2) is 48.9 Å². The molecule has 3 atom stereocenters. The van der Waals surface area contributed by atoms with E-state index in [2.05, 4.69) is 56.4 Å². The average molecular weight is 476 g/mol. The van der Waals surface area contributed by atoms with Crippen LogP contribution < -0.4 is 26.4 Å². The van der Waals surface area contributed by atoms with Crippen LogP contribution in [0.5, 0.6) is 0 Å². The monoisotopic (exact) mass is 475 g/mol. The molecule has 2 saturated heterocycles. The number of rotatable bonds is 7. The number of pyridine rings is 2. The molecular weight excluding hydrogens is 442 g/mol. The first kappa shape index (κ1) is 23.3. The number of hydrogen-bond acceptors (Lipinski definition) is 8. The summed E-state index contributed by atoms with van der Waals surface area (Å²) < 4.78 is 1.71. The topological polar surface area (TPSA) is 112 Å². The van der Waals surface area contributed by atoms with Crippen molar-refractivity contribution in [3.8, 4) is 5.82 Å². The third kappa shape index (κ3) is 4.98. The van der Waals surface area contributed by atoms with Gasteiger partial charge in [0.15, 0.2) is 5.82 Å². The molecule has 184 valence electrons. The number of nitrogens with zero attached hydrogens (tertiary/aromatic N) is 5. The molecule has 3 aromatic rings. The molecule has 0 spiro atoms. The van der Waals surface area contributed by atoms with Crippen molar-refractivity contribution in [3.63, 3.8) is 0 Å². The highest BCUT2D eigenvalue weighted by Crippen LogP contribution is 2.35. The first-order valence-electron chi connectivity index (χ1n) is 12.1. The molecule has 0 aliphatic carbocycles. The van der Waals surface area contributed by atoms with Gasteiger partial charge in [-0.15, -0.1) is 0 Å². The third-order valence-corrected chi connectivity index (χ3v) is 6.68. The molecule has 2 unspecified atom stereocenters. The van der Waals surface area contributed by atoms with Crippen molar-refractivity contribution in [1.82, 2.24) is 35.9 Å². The van der Waals surface area contributed by atoms with E-state index in [-0.39, 0.29) is 18.1 Å². The molecule has 0 bridgehead atoms. The van der Waals surface area contributed by atoms with E-state index in [0.717, 1.165) is 35.0 Å². The second kappa shape index (κ2) is 9.27. The van der Waals surface area contributed by atoms with Crippen molar-refractivity contribution in [2.45, 2.75) is 52.4 Å². The molecule has 3 aromatic heterocycles. The number of hydrazine groups is 1. The van der Waals surface area contributed by atoms with E-state index in [9.17, 15) is 4.79 Å². The Bertz CT molecular complexity index is 1170. The predicted molar refractivity (Wildman–Crippen MR) is 135 cm³/mol. The zero-order chi connectivity index (χ0) is 24.6. The molecule has 2 aliphatic rings. The molecule has 1 amide bonds. The maximum atomic E-state index is 13.1. The van der Waals surface area contributed by atoms with Crippen LogP contribution in [0.1, 0.15) is 44.4 Å². The molecule has 5 heterocycles. The number of anilines is 2. The van der Waals surface area contributed by atoms with Crippen molar-refractivity contribution in [3.05, 3.63) is 60.0 Å². The van der Waals surface area contributed by atoms with E-state index in [1.165, 1.54) is 0 Å². The average Bonchev–Trinajstić information content (AvgIpc) is 3.48. The van der Waals surface area contributed by atoms with Gasteiger partial charge in [0.2, 0.25) is 5.91 Å². The highest BCUT2D eigenvalue weighted by molar-refractivity contribution is 5.86. The summed E-state index contributed by atoms with van der Waals surface area (Å²) >= 11 is 0. The Morgan fingerprint density at radius 2 is 2.06 bits per heavy atom. The molecule has 2 aliphatic heterocycles. The first-order chi connectivity index (χ1) is 16.8. The standard InChI is InChI=1S/C25H33N9O/c1-16-10-20(29-21-12-17(2)31-32-21)30-23(11-16)33-14-25(4,15-33)24(35)28-18(3)19-6-7-22(26-13-19)34-9-5-8-27-34/h5-11,13,17-18,21,31-32H,12,14-15H2,1-4H3,(H,28,35)(H,29,30)/t17?,18-,21?/m0/s1. The molecule has 5 rings (SSSR count). The maximum Gasteiger partial charge on any atom is 0.230 e. The normalized spacial score (nSPS) is 21.9. The van der Waals surface area contributed by atoms with E-state index >= 15 is 0 Å². The third-order valence-electron chi connectivity index (χ3n) is 6.68. The van der Waals surface area contributed by atoms with Gasteiger partial charge in [-0.05, 0) is 69.5 Å². The van der Waals surface area contributed by atoms with Crippen LogP contribution >= 0.6 is 0 Å². The summed E-state index contributed by atoms with van der Waals surface area (Å²) in [5.41, 5.74) is 8.08. The SMILES string of the molecule is Cc1cc(NC2CC(C)NN2)nc(N2CC(C)(C(=O)N[C@@H](C)c3ccc(-n4cccn4)nc3)C2)c1.